The summed E-state index contributed by atoms with van der Waals surface area (Å²) in [5.74, 6) is 1.65. The minimum atomic E-state index is 0.252. The maximum Gasteiger partial charge on any atom is 0.119 e. The van der Waals surface area contributed by atoms with Crippen molar-refractivity contribution in [2.24, 2.45) is 11.3 Å². The number of aromatic hydroxyl groups is 1. The molecule has 1 aromatic rings. The Bertz CT molecular complexity index is 555. The molecule has 0 aromatic heterocycles. The van der Waals surface area contributed by atoms with Crippen molar-refractivity contribution in [1.82, 2.24) is 0 Å². The van der Waals surface area contributed by atoms with Crippen LogP contribution in [-0.4, -0.2) is 5.11 Å². The van der Waals surface area contributed by atoms with Crippen LogP contribution in [0.15, 0.2) is 12.1 Å². The topological polar surface area (TPSA) is 20.2 Å². The molecule has 116 valence electrons. The minimum absolute atomic E-state index is 0.252. The van der Waals surface area contributed by atoms with E-state index >= 15 is 0 Å². The van der Waals surface area contributed by atoms with Crippen molar-refractivity contribution in [1.29, 1.82) is 0 Å². The van der Waals surface area contributed by atoms with Crippen molar-refractivity contribution in [3.63, 3.8) is 0 Å². The van der Waals surface area contributed by atoms with Gasteiger partial charge in [0.05, 0.1) is 0 Å². The van der Waals surface area contributed by atoms with Gasteiger partial charge in [-0.3, -0.25) is 0 Å². The third kappa shape index (κ3) is 2.20. The summed E-state index contributed by atoms with van der Waals surface area (Å²) in [5, 5.41) is 10.5. The number of phenolic OH excluding ortho intramolecular Hbond substituents is 1. The molecule has 0 unspecified atom stereocenters. The van der Waals surface area contributed by atoms with E-state index in [1.165, 1.54) is 43.2 Å². The van der Waals surface area contributed by atoms with E-state index in [9.17, 15) is 5.11 Å². The molecule has 1 nitrogen and oxygen atoms in total. The average Bonchev–Trinajstić information content (AvgIpc) is 2.37. The first-order valence-electron chi connectivity index (χ1n) is 8.62. The predicted molar refractivity (Wildman–Crippen MR) is 89.0 cm³/mol. The van der Waals surface area contributed by atoms with E-state index in [0.29, 0.717) is 17.1 Å². The summed E-state index contributed by atoms with van der Waals surface area (Å²) in [4.78, 5) is 0. The number of hydrogen-bond donors (Lipinski definition) is 1. The molecule has 0 radical (unpaired) electrons. The fraction of sp³-hybridized carbons (Fsp3) is 0.700. The lowest BCUT2D eigenvalue weighted by atomic mass is 9.50. The second-order valence-electron chi connectivity index (χ2n) is 8.57. The zero-order valence-electron chi connectivity index (χ0n) is 14.3. The number of aryl methyl sites for hydroxylation is 1. The van der Waals surface area contributed by atoms with Crippen LogP contribution in [0.5, 0.6) is 5.75 Å². The summed E-state index contributed by atoms with van der Waals surface area (Å²) in [7, 11) is 0. The number of benzene rings is 1. The highest BCUT2D eigenvalue weighted by atomic mass is 16.3. The smallest absolute Gasteiger partial charge is 0.119 e. The Morgan fingerprint density at radius 3 is 2.52 bits per heavy atom. The van der Waals surface area contributed by atoms with Crippen molar-refractivity contribution in [3.05, 3.63) is 28.8 Å². The Morgan fingerprint density at radius 2 is 1.86 bits per heavy atom. The molecule has 0 bridgehead atoms. The highest BCUT2D eigenvalue weighted by Crippen LogP contribution is 2.57. The molecule has 21 heavy (non-hydrogen) atoms. The monoisotopic (exact) mass is 286 g/mol. The first kappa shape index (κ1) is 14.9. The number of phenols is 1. The van der Waals surface area contributed by atoms with Crippen LogP contribution >= 0.6 is 0 Å². The number of hydrogen-bond acceptors (Lipinski definition) is 1. The molecule has 0 spiro atoms. The summed E-state index contributed by atoms with van der Waals surface area (Å²) >= 11 is 0. The molecule has 3 rings (SSSR count). The van der Waals surface area contributed by atoms with E-state index in [-0.39, 0.29) is 5.41 Å². The van der Waals surface area contributed by atoms with Gasteiger partial charge in [0.15, 0.2) is 0 Å². The molecule has 1 saturated carbocycles. The van der Waals surface area contributed by atoms with Crippen LogP contribution in [0, 0.1) is 11.3 Å². The minimum Gasteiger partial charge on any atom is -0.508 e. The van der Waals surface area contributed by atoms with Gasteiger partial charge in [-0.1, -0.05) is 47.1 Å². The summed E-state index contributed by atoms with van der Waals surface area (Å²) in [6.07, 6.45) is 6.41. The SMILES string of the molecule is CC(C)c1cc2c(cc1O)[C@@]1(C)CCCC(C)(C)[C@H]1CC2. The van der Waals surface area contributed by atoms with E-state index < -0.39 is 0 Å². The van der Waals surface area contributed by atoms with Gasteiger partial charge in [0.2, 0.25) is 0 Å². The first-order valence-corrected chi connectivity index (χ1v) is 8.62. The van der Waals surface area contributed by atoms with Crippen molar-refractivity contribution in [2.75, 3.05) is 0 Å². The molecule has 1 aromatic carbocycles. The maximum absolute atomic E-state index is 10.5. The Morgan fingerprint density at radius 1 is 1.14 bits per heavy atom. The third-order valence-corrected chi connectivity index (χ3v) is 6.42. The molecular formula is C20H30O. The van der Waals surface area contributed by atoms with Gasteiger partial charge in [0.25, 0.3) is 0 Å². The summed E-state index contributed by atoms with van der Waals surface area (Å²) in [6, 6.07) is 4.40. The van der Waals surface area contributed by atoms with E-state index in [2.05, 4.69) is 46.8 Å². The maximum atomic E-state index is 10.5. The van der Waals surface area contributed by atoms with Crippen molar-refractivity contribution in [2.45, 2.75) is 78.1 Å². The Balaban J connectivity index is 2.12. The lowest BCUT2D eigenvalue weighted by molar-refractivity contribution is 0.0405. The zero-order valence-corrected chi connectivity index (χ0v) is 14.3. The second kappa shape index (κ2) is 4.76. The average molecular weight is 286 g/mol. The van der Waals surface area contributed by atoms with Gasteiger partial charge < -0.3 is 5.11 Å². The van der Waals surface area contributed by atoms with Gasteiger partial charge in [-0.2, -0.15) is 0 Å². The van der Waals surface area contributed by atoms with Crippen LogP contribution in [0.25, 0.3) is 0 Å². The van der Waals surface area contributed by atoms with Crippen LogP contribution in [0.2, 0.25) is 0 Å². The van der Waals surface area contributed by atoms with Crippen LogP contribution in [0.3, 0.4) is 0 Å². The largest absolute Gasteiger partial charge is 0.508 e. The standard InChI is InChI=1S/C20H30O/c1-13(2)15-11-14-7-8-18-19(3,4)9-6-10-20(18,5)16(14)12-17(15)21/h11-13,18,21H,6-10H2,1-5H3/t18-,20-/m1/s1. The highest BCUT2D eigenvalue weighted by Gasteiger charge is 2.49. The molecule has 2 aliphatic carbocycles. The normalized spacial score (nSPS) is 30.9. The van der Waals surface area contributed by atoms with Gasteiger partial charge in [-0.05, 0) is 71.1 Å². The van der Waals surface area contributed by atoms with Crippen molar-refractivity contribution >= 4 is 0 Å². The lowest BCUT2D eigenvalue weighted by Gasteiger charge is -2.54. The van der Waals surface area contributed by atoms with Gasteiger partial charge in [-0.15, -0.1) is 0 Å². The highest BCUT2D eigenvalue weighted by molar-refractivity contribution is 5.48. The number of fused-ring (bicyclic) bond motifs is 3. The van der Waals surface area contributed by atoms with E-state index in [4.69, 9.17) is 0 Å². The lowest BCUT2D eigenvalue weighted by Crippen LogP contribution is -2.47. The summed E-state index contributed by atoms with van der Waals surface area (Å²) < 4.78 is 0. The molecule has 0 heterocycles. The second-order valence-corrected chi connectivity index (χ2v) is 8.57. The molecule has 0 amide bonds. The van der Waals surface area contributed by atoms with Crippen molar-refractivity contribution < 1.29 is 5.11 Å². The fourth-order valence-corrected chi connectivity index (χ4v) is 5.31. The van der Waals surface area contributed by atoms with Crippen LogP contribution < -0.4 is 0 Å². The van der Waals surface area contributed by atoms with Crippen LogP contribution in [-0.2, 0) is 11.8 Å². The summed E-state index contributed by atoms with van der Waals surface area (Å²) in [5.41, 5.74) is 4.73. The molecule has 1 N–H and O–H groups in total. The van der Waals surface area contributed by atoms with E-state index in [0.717, 1.165) is 11.5 Å². The van der Waals surface area contributed by atoms with E-state index in [1.807, 2.05) is 0 Å². The molecule has 0 aliphatic heterocycles. The van der Waals surface area contributed by atoms with Gasteiger partial charge >= 0.3 is 0 Å². The summed E-state index contributed by atoms with van der Waals surface area (Å²) in [6.45, 7) is 11.7. The fourth-order valence-electron chi connectivity index (χ4n) is 5.31. The van der Waals surface area contributed by atoms with E-state index in [1.54, 1.807) is 0 Å². The third-order valence-electron chi connectivity index (χ3n) is 6.42. The molecule has 2 aliphatic rings. The Kier molecular flexibility index (Phi) is 3.39. The van der Waals surface area contributed by atoms with Gasteiger partial charge in [0.1, 0.15) is 5.75 Å². The Labute approximate surface area is 129 Å². The molecule has 1 heteroatoms. The van der Waals surface area contributed by atoms with Gasteiger partial charge in [0, 0.05) is 0 Å². The predicted octanol–water partition coefficient (Wildman–Crippen LogP) is 5.55. The number of rotatable bonds is 1. The zero-order chi connectivity index (χ0) is 15.4. The van der Waals surface area contributed by atoms with Crippen molar-refractivity contribution in [3.8, 4) is 5.75 Å². The van der Waals surface area contributed by atoms with Gasteiger partial charge in [-0.25, -0.2) is 0 Å². The van der Waals surface area contributed by atoms with Crippen LogP contribution in [0.1, 0.15) is 82.9 Å². The quantitative estimate of drug-likeness (QED) is 0.718. The molecule has 1 fully saturated rings. The van der Waals surface area contributed by atoms with Crippen LogP contribution in [0.4, 0.5) is 0 Å². The Hall–Kier alpha value is -0.980. The first-order chi connectivity index (χ1) is 9.75. The molecule has 2 atom stereocenters. The molecular weight excluding hydrogens is 256 g/mol. The molecule has 0 saturated heterocycles.